The summed E-state index contributed by atoms with van der Waals surface area (Å²) in [5.74, 6) is 1.19. The van der Waals surface area contributed by atoms with Crippen molar-refractivity contribution in [2.24, 2.45) is 0 Å². The van der Waals surface area contributed by atoms with E-state index in [9.17, 15) is 9.59 Å². The van der Waals surface area contributed by atoms with Crippen LogP contribution in [0, 0.1) is 0 Å². The third-order valence-electron chi connectivity index (χ3n) is 3.40. The predicted molar refractivity (Wildman–Crippen MR) is 80.0 cm³/mol. The van der Waals surface area contributed by atoms with Crippen molar-refractivity contribution in [3.8, 4) is 5.75 Å². The molecule has 0 unspecified atom stereocenters. The van der Waals surface area contributed by atoms with Crippen molar-refractivity contribution in [1.82, 2.24) is 10.2 Å². The number of ketones is 1. The van der Waals surface area contributed by atoms with Gasteiger partial charge in [-0.2, -0.15) is 0 Å². The molecule has 5 nitrogen and oxygen atoms in total. The Balaban J connectivity index is 2.18. The molecule has 21 heavy (non-hydrogen) atoms. The molecule has 5 heteroatoms. The second-order valence-corrected chi connectivity index (χ2v) is 4.80. The summed E-state index contributed by atoms with van der Waals surface area (Å²) in [6.45, 7) is 3.25. The largest absolute Gasteiger partial charge is 0.497 e. The van der Waals surface area contributed by atoms with Crippen molar-refractivity contribution < 1.29 is 14.3 Å². The van der Waals surface area contributed by atoms with E-state index in [2.05, 4.69) is 5.32 Å². The lowest BCUT2D eigenvalue weighted by atomic mass is 10.1. The first-order valence-electron chi connectivity index (χ1n) is 7.10. The van der Waals surface area contributed by atoms with Gasteiger partial charge in [0.25, 0.3) is 0 Å². The summed E-state index contributed by atoms with van der Waals surface area (Å²) >= 11 is 0. The number of carbonyl (C=O) groups excluding carboxylic acids is 2. The molecule has 0 atom stereocenters. The lowest BCUT2D eigenvalue weighted by Crippen LogP contribution is -2.43. The average molecular weight is 288 g/mol. The van der Waals surface area contributed by atoms with Crippen LogP contribution in [-0.2, 0) is 4.79 Å². The molecule has 1 fully saturated rings. The molecule has 1 amide bonds. The third kappa shape index (κ3) is 3.62. The molecule has 112 valence electrons. The van der Waals surface area contributed by atoms with Crippen LogP contribution in [0.4, 0.5) is 0 Å². The Hall–Kier alpha value is -2.30. The van der Waals surface area contributed by atoms with Crippen LogP contribution in [0.25, 0.3) is 0 Å². The topological polar surface area (TPSA) is 58.6 Å². The van der Waals surface area contributed by atoms with E-state index in [0.717, 1.165) is 13.0 Å². The van der Waals surface area contributed by atoms with Gasteiger partial charge in [-0.25, -0.2) is 0 Å². The molecule has 1 aliphatic rings. The van der Waals surface area contributed by atoms with E-state index < -0.39 is 0 Å². The second kappa shape index (κ2) is 6.92. The number of hydrogen-bond acceptors (Lipinski definition) is 4. The van der Waals surface area contributed by atoms with Gasteiger partial charge >= 0.3 is 0 Å². The van der Waals surface area contributed by atoms with Gasteiger partial charge in [0.15, 0.2) is 5.78 Å². The summed E-state index contributed by atoms with van der Waals surface area (Å²) < 4.78 is 5.07. The van der Waals surface area contributed by atoms with Crippen molar-refractivity contribution in [2.75, 3.05) is 20.2 Å². The predicted octanol–water partition coefficient (Wildman–Crippen LogP) is 1.95. The van der Waals surface area contributed by atoms with Crippen LogP contribution in [0.1, 0.15) is 30.1 Å². The van der Waals surface area contributed by atoms with Crippen molar-refractivity contribution in [2.45, 2.75) is 19.8 Å². The van der Waals surface area contributed by atoms with Gasteiger partial charge in [0.2, 0.25) is 5.91 Å². The summed E-state index contributed by atoms with van der Waals surface area (Å²) in [5, 5.41) is 3.13. The van der Waals surface area contributed by atoms with E-state index in [4.69, 9.17) is 4.74 Å². The normalized spacial score (nSPS) is 16.5. The maximum Gasteiger partial charge on any atom is 0.227 e. The number of amides is 1. The average Bonchev–Trinajstić information content (AvgIpc) is 2.54. The SMILES string of the molecule is CCC(=O)N1CCCN/C1=C\C(=O)c1ccc(OC)cc1. The van der Waals surface area contributed by atoms with Gasteiger partial charge in [-0.05, 0) is 30.7 Å². The molecule has 0 aromatic heterocycles. The molecule has 1 aliphatic heterocycles. The van der Waals surface area contributed by atoms with Crippen molar-refractivity contribution >= 4 is 11.7 Å². The lowest BCUT2D eigenvalue weighted by molar-refractivity contribution is -0.129. The minimum absolute atomic E-state index is 0.0241. The zero-order chi connectivity index (χ0) is 15.2. The first-order valence-corrected chi connectivity index (χ1v) is 7.10. The Bertz CT molecular complexity index is 549. The monoisotopic (exact) mass is 288 g/mol. The number of nitrogens with zero attached hydrogens (tertiary/aromatic N) is 1. The first kappa shape index (κ1) is 15.1. The summed E-state index contributed by atoms with van der Waals surface area (Å²) in [6.07, 6.45) is 2.81. The quantitative estimate of drug-likeness (QED) is 0.679. The number of nitrogens with one attached hydrogen (secondary N) is 1. The standard InChI is InChI=1S/C16H20N2O3/c1-3-16(20)18-10-4-9-17-15(18)11-14(19)12-5-7-13(21-2)8-6-12/h5-8,11,17H,3-4,9-10H2,1-2H3/b15-11+. The highest BCUT2D eigenvalue weighted by Gasteiger charge is 2.20. The Kier molecular flexibility index (Phi) is 4.98. The zero-order valence-corrected chi connectivity index (χ0v) is 12.4. The van der Waals surface area contributed by atoms with E-state index in [1.54, 1.807) is 36.3 Å². The molecule has 1 aromatic rings. The highest BCUT2D eigenvalue weighted by Crippen LogP contribution is 2.15. The maximum atomic E-state index is 12.3. The molecule has 1 heterocycles. The van der Waals surface area contributed by atoms with Crippen LogP contribution >= 0.6 is 0 Å². The van der Waals surface area contributed by atoms with Gasteiger partial charge in [0.1, 0.15) is 11.6 Å². The van der Waals surface area contributed by atoms with Crippen molar-refractivity contribution in [1.29, 1.82) is 0 Å². The van der Waals surface area contributed by atoms with E-state index >= 15 is 0 Å². The van der Waals surface area contributed by atoms with Gasteiger partial charge < -0.3 is 10.1 Å². The van der Waals surface area contributed by atoms with Crippen LogP contribution in [0.3, 0.4) is 0 Å². The van der Waals surface area contributed by atoms with Gasteiger partial charge in [0, 0.05) is 31.1 Å². The smallest absolute Gasteiger partial charge is 0.227 e. The number of rotatable bonds is 4. The Morgan fingerprint density at radius 3 is 2.67 bits per heavy atom. The Labute approximate surface area is 124 Å². The van der Waals surface area contributed by atoms with Crippen LogP contribution < -0.4 is 10.1 Å². The Morgan fingerprint density at radius 1 is 1.33 bits per heavy atom. The number of carbonyl (C=O) groups is 2. The van der Waals surface area contributed by atoms with Gasteiger partial charge in [-0.3, -0.25) is 14.5 Å². The summed E-state index contributed by atoms with van der Waals surface area (Å²) in [5.41, 5.74) is 0.569. The van der Waals surface area contributed by atoms with Crippen molar-refractivity contribution in [3.05, 3.63) is 41.7 Å². The Morgan fingerprint density at radius 2 is 2.05 bits per heavy atom. The first-order chi connectivity index (χ1) is 10.2. The maximum absolute atomic E-state index is 12.3. The number of hydrogen-bond donors (Lipinski definition) is 1. The van der Waals surface area contributed by atoms with Crippen molar-refractivity contribution in [3.63, 3.8) is 0 Å². The number of ether oxygens (including phenoxy) is 1. The molecule has 0 saturated carbocycles. The molecular formula is C16H20N2O3. The fraction of sp³-hybridized carbons (Fsp3) is 0.375. The molecule has 2 rings (SSSR count). The third-order valence-corrected chi connectivity index (χ3v) is 3.40. The lowest BCUT2D eigenvalue weighted by Gasteiger charge is -2.30. The molecule has 0 aliphatic carbocycles. The summed E-state index contributed by atoms with van der Waals surface area (Å²) in [6, 6.07) is 6.92. The van der Waals surface area contributed by atoms with Crippen LogP contribution in [0.2, 0.25) is 0 Å². The molecule has 1 saturated heterocycles. The molecule has 0 radical (unpaired) electrons. The minimum atomic E-state index is -0.129. The minimum Gasteiger partial charge on any atom is -0.497 e. The fourth-order valence-corrected chi connectivity index (χ4v) is 2.21. The highest BCUT2D eigenvalue weighted by atomic mass is 16.5. The van der Waals surface area contributed by atoms with Crippen LogP contribution in [0.5, 0.6) is 5.75 Å². The van der Waals surface area contributed by atoms with E-state index in [-0.39, 0.29) is 11.7 Å². The van der Waals surface area contributed by atoms with E-state index in [1.165, 1.54) is 6.08 Å². The van der Waals surface area contributed by atoms with Gasteiger partial charge in [0.05, 0.1) is 7.11 Å². The van der Waals surface area contributed by atoms with Crippen LogP contribution in [-0.4, -0.2) is 36.8 Å². The molecule has 0 bridgehead atoms. The zero-order valence-electron chi connectivity index (χ0n) is 12.4. The van der Waals surface area contributed by atoms with Gasteiger partial charge in [-0.15, -0.1) is 0 Å². The van der Waals surface area contributed by atoms with E-state index in [0.29, 0.717) is 30.1 Å². The number of benzene rings is 1. The second-order valence-electron chi connectivity index (χ2n) is 4.80. The summed E-state index contributed by atoms with van der Waals surface area (Å²) in [7, 11) is 1.58. The van der Waals surface area contributed by atoms with E-state index in [1.807, 2.05) is 6.92 Å². The molecule has 1 N–H and O–H groups in total. The molecule has 1 aromatic carbocycles. The number of allylic oxidation sites excluding steroid dienone is 1. The molecular weight excluding hydrogens is 268 g/mol. The number of methoxy groups -OCH3 is 1. The van der Waals surface area contributed by atoms with Crippen LogP contribution in [0.15, 0.2) is 36.2 Å². The fourth-order valence-electron chi connectivity index (χ4n) is 2.21. The van der Waals surface area contributed by atoms with Gasteiger partial charge in [-0.1, -0.05) is 6.92 Å². The molecule has 0 spiro atoms. The highest BCUT2D eigenvalue weighted by molar-refractivity contribution is 6.05. The summed E-state index contributed by atoms with van der Waals surface area (Å²) in [4.78, 5) is 25.8.